The van der Waals surface area contributed by atoms with Gasteiger partial charge in [-0.1, -0.05) is 19.3 Å². The number of carbonyl (C=O) groups excluding carboxylic acids is 2. The maximum atomic E-state index is 12.1. The van der Waals surface area contributed by atoms with E-state index >= 15 is 0 Å². The first kappa shape index (κ1) is 15.8. The van der Waals surface area contributed by atoms with Crippen molar-refractivity contribution in [2.24, 2.45) is 11.1 Å². The Morgan fingerprint density at radius 2 is 2.00 bits per heavy atom. The van der Waals surface area contributed by atoms with Crippen LogP contribution in [0, 0.1) is 23.2 Å². The van der Waals surface area contributed by atoms with Crippen molar-refractivity contribution in [1.29, 1.82) is 5.26 Å². The number of nitrogens with zero attached hydrogens (tertiary/aromatic N) is 1. The van der Waals surface area contributed by atoms with E-state index in [-0.39, 0.29) is 11.8 Å². The predicted octanol–water partition coefficient (Wildman–Crippen LogP) is 0.388. The van der Waals surface area contributed by atoms with Crippen LogP contribution < -0.4 is 16.4 Å². The first-order chi connectivity index (χ1) is 10.0. The lowest BCUT2D eigenvalue weighted by Gasteiger charge is -2.34. The number of carbonyl (C=O) groups is 2. The highest BCUT2D eigenvalue weighted by atomic mass is 16.2. The van der Waals surface area contributed by atoms with Gasteiger partial charge in [0.05, 0.1) is 12.5 Å². The van der Waals surface area contributed by atoms with Gasteiger partial charge in [0.1, 0.15) is 5.54 Å². The smallest absolute Gasteiger partial charge is 0.225 e. The van der Waals surface area contributed by atoms with E-state index in [4.69, 9.17) is 5.73 Å². The standard InChI is InChI=1S/C15H23N4O2/c16-10-15(8-9-18-11-15)19-12(20)4-7-14(13(17)21)5-2-1-3-6-14/h4,18H,1-3,5-9,11H2,(H2,17,21)(H,19,20). The second kappa shape index (κ2) is 6.44. The number of primary amides is 1. The lowest BCUT2D eigenvalue weighted by atomic mass is 9.70. The zero-order valence-corrected chi connectivity index (χ0v) is 12.3. The average molecular weight is 291 g/mol. The van der Waals surface area contributed by atoms with Crippen LogP contribution >= 0.6 is 0 Å². The molecule has 0 aromatic heterocycles. The highest BCUT2D eigenvalue weighted by Gasteiger charge is 2.39. The molecule has 6 nitrogen and oxygen atoms in total. The van der Waals surface area contributed by atoms with Gasteiger partial charge in [-0.05, 0) is 32.2 Å². The SMILES string of the molecule is N#CC1(NC(=O)[CH]CC2(C(N)=O)CCCCC2)CCNC1. The molecular weight excluding hydrogens is 268 g/mol. The minimum atomic E-state index is -0.819. The summed E-state index contributed by atoms with van der Waals surface area (Å²) in [5, 5.41) is 15.1. The Morgan fingerprint density at radius 1 is 1.29 bits per heavy atom. The molecule has 21 heavy (non-hydrogen) atoms. The second-order valence-electron chi connectivity index (χ2n) is 6.22. The molecule has 1 aliphatic heterocycles. The Bertz CT molecular complexity index is 443. The highest BCUT2D eigenvalue weighted by molar-refractivity contribution is 5.88. The summed E-state index contributed by atoms with van der Waals surface area (Å²) in [6.45, 7) is 1.18. The summed E-state index contributed by atoms with van der Waals surface area (Å²) in [6, 6.07) is 2.17. The second-order valence-corrected chi connectivity index (χ2v) is 6.22. The predicted molar refractivity (Wildman–Crippen MR) is 77.6 cm³/mol. The number of hydrogen-bond acceptors (Lipinski definition) is 4. The van der Waals surface area contributed by atoms with Gasteiger partial charge < -0.3 is 16.4 Å². The molecule has 1 aliphatic carbocycles. The van der Waals surface area contributed by atoms with Crippen molar-refractivity contribution in [3.63, 3.8) is 0 Å². The third-order valence-corrected chi connectivity index (χ3v) is 4.74. The molecule has 0 spiro atoms. The molecule has 0 bridgehead atoms. The van der Waals surface area contributed by atoms with Gasteiger partial charge >= 0.3 is 0 Å². The van der Waals surface area contributed by atoms with Gasteiger partial charge in [0.2, 0.25) is 11.8 Å². The summed E-state index contributed by atoms with van der Waals surface area (Å²) in [5.74, 6) is -0.602. The Labute approximate surface area is 125 Å². The molecule has 1 saturated carbocycles. The highest BCUT2D eigenvalue weighted by Crippen LogP contribution is 2.39. The van der Waals surface area contributed by atoms with Gasteiger partial charge in [0.15, 0.2) is 0 Å². The maximum Gasteiger partial charge on any atom is 0.225 e. The number of nitriles is 1. The van der Waals surface area contributed by atoms with Crippen molar-refractivity contribution in [2.45, 2.75) is 50.5 Å². The van der Waals surface area contributed by atoms with E-state index in [9.17, 15) is 14.9 Å². The van der Waals surface area contributed by atoms with E-state index in [1.165, 1.54) is 6.42 Å². The fourth-order valence-electron chi connectivity index (χ4n) is 3.28. The molecule has 2 amide bonds. The minimum Gasteiger partial charge on any atom is -0.369 e. The lowest BCUT2D eigenvalue weighted by molar-refractivity contribution is -0.129. The number of hydrogen-bond donors (Lipinski definition) is 3. The zero-order valence-electron chi connectivity index (χ0n) is 12.3. The molecule has 1 radical (unpaired) electrons. The molecule has 2 rings (SSSR count). The molecule has 2 fully saturated rings. The van der Waals surface area contributed by atoms with E-state index in [1.807, 2.05) is 0 Å². The molecule has 4 N–H and O–H groups in total. The van der Waals surface area contributed by atoms with Crippen LogP contribution in [-0.2, 0) is 9.59 Å². The van der Waals surface area contributed by atoms with Crippen LogP contribution in [0.3, 0.4) is 0 Å². The summed E-state index contributed by atoms with van der Waals surface area (Å²) in [5.41, 5.74) is 4.15. The van der Waals surface area contributed by atoms with Gasteiger partial charge in [-0.25, -0.2) is 0 Å². The van der Waals surface area contributed by atoms with Crippen LogP contribution in [0.25, 0.3) is 0 Å². The molecule has 115 valence electrons. The Balaban J connectivity index is 1.90. The average Bonchev–Trinajstić information content (AvgIpc) is 2.95. The minimum absolute atomic E-state index is 0.286. The van der Waals surface area contributed by atoms with E-state index < -0.39 is 11.0 Å². The summed E-state index contributed by atoms with van der Waals surface area (Å²) in [7, 11) is 0. The van der Waals surface area contributed by atoms with E-state index in [0.29, 0.717) is 19.4 Å². The normalized spacial score (nSPS) is 27.8. The van der Waals surface area contributed by atoms with Crippen LogP contribution in [0.2, 0.25) is 0 Å². The van der Waals surface area contributed by atoms with E-state index in [2.05, 4.69) is 16.7 Å². The third kappa shape index (κ3) is 3.53. The molecule has 1 unspecified atom stereocenters. The van der Waals surface area contributed by atoms with E-state index in [1.54, 1.807) is 0 Å². The van der Waals surface area contributed by atoms with Crippen LogP contribution in [-0.4, -0.2) is 30.4 Å². The third-order valence-electron chi connectivity index (χ3n) is 4.74. The topological polar surface area (TPSA) is 108 Å². The molecule has 0 aromatic rings. The Kier molecular flexibility index (Phi) is 4.84. The number of amides is 2. The summed E-state index contributed by atoms with van der Waals surface area (Å²) < 4.78 is 0. The van der Waals surface area contributed by atoms with Crippen molar-refractivity contribution < 1.29 is 9.59 Å². The van der Waals surface area contributed by atoms with Crippen molar-refractivity contribution in [3.05, 3.63) is 6.42 Å². The summed E-state index contributed by atoms with van der Waals surface area (Å²) in [6.07, 6.45) is 7.02. The lowest BCUT2D eigenvalue weighted by Crippen LogP contribution is -2.49. The van der Waals surface area contributed by atoms with Gasteiger partial charge in [0, 0.05) is 12.0 Å². The Hall–Kier alpha value is -1.61. The van der Waals surface area contributed by atoms with Crippen LogP contribution in [0.4, 0.5) is 0 Å². The molecular formula is C15H23N4O2. The quantitative estimate of drug-likeness (QED) is 0.680. The summed E-state index contributed by atoms with van der Waals surface area (Å²) >= 11 is 0. The monoisotopic (exact) mass is 291 g/mol. The first-order valence-corrected chi connectivity index (χ1v) is 7.59. The molecule has 6 heteroatoms. The van der Waals surface area contributed by atoms with Crippen LogP contribution in [0.15, 0.2) is 0 Å². The summed E-state index contributed by atoms with van der Waals surface area (Å²) in [4.78, 5) is 23.8. The Morgan fingerprint density at radius 3 is 2.52 bits per heavy atom. The largest absolute Gasteiger partial charge is 0.369 e. The number of rotatable bonds is 5. The fourth-order valence-corrected chi connectivity index (χ4v) is 3.28. The van der Waals surface area contributed by atoms with Gasteiger partial charge in [-0.15, -0.1) is 0 Å². The van der Waals surface area contributed by atoms with Crippen molar-refractivity contribution in [2.75, 3.05) is 13.1 Å². The molecule has 1 atom stereocenters. The van der Waals surface area contributed by atoms with Crippen molar-refractivity contribution in [3.8, 4) is 6.07 Å². The molecule has 1 saturated heterocycles. The van der Waals surface area contributed by atoms with E-state index in [0.717, 1.165) is 38.6 Å². The fraction of sp³-hybridized carbons (Fsp3) is 0.733. The zero-order chi connectivity index (χ0) is 15.3. The molecule has 0 aromatic carbocycles. The van der Waals surface area contributed by atoms with Gasteiger partial charge in [0.25, 0.3) is 0 Å². The maximum absolute atomic E-state index is 12.1. The first-order valence-electron chi connectivity index (χ1n) is 7.59. The number of nitrogens with two attached hydrogens (primary N) is 1. The molecule has 2 aliphatic rings. The van der Waals surface area contributed by atoms with Gasteiger partial charge in [-0.2, -0.15) is 5.26 Å². The van der Waals surface area contributed by atoms with Crippen LogP contribution in [0.1, 0.15) is 44.9 Å². The van der Waals surface area contributed by atoms with Crippen LogP contribution in [0.5, 0.6) is 0 Å². The van der Waals surface area contributed by atoms with Crippen molar-refractivity contribution >= 4 is 11.8 Å². The molecule has 1 heterocycles. The van der Waals surface area contributed by atoms with Gasteiger partial charge in [-0.3, -0.25) is 9.59 Å². The number of nitrogens with one attached hydrogen (secondary N) is 2. The van der Waals surface area contributed by atoms with Crippen molar-refractivity contribution in [1.82, 2.24) is 10.6 Å².